The van der Waals surface area contributed by atoms with Crippen LogP contribution in [-0.4, -0.2) is 11.1 Å². The van der Waals surface area contributed by atoms with E-state index in [9.17, 15) is 13.6 Å². The summed E-state index contributed by atoms with van der Waals surface area (Å²) in [6.07, 6.45) is -3.14. The van der Waals surface area contributed by atoms with Crippen molar-refractivity contribution in [1.29, 1.82) is 0 Å². The van der Waals surface area contributed by atoms with Gasteiger partial charge in [-0.1, -0.05) is 17.7 Å². The molecule has 0 atom stereocenters. The molecule has 0 bridgehead atoms. The zero-order chi connectivity index (χ0) is 11.6. The Labute approximate surface area is 103 Å². The van der Waals surface area contributed by atoms with Gasteiger partial charge < -0.3 is 5.11 Å². The number of carboxylic acids is 1. The van der Waals surface area contributed by atoms with E-state index >= 15 is 0 Å². The molecule has 0 fully saturated rings. The van der Waals surface area contributed by atoms with Gasteiger partial charge in [-0.3, -0.25) is 4.79 Å². The maximum absolute atomic E-state index is 12.6. The van der Waals surface area contributed by atoms with Crippen molar-refractivity contribution in [3.8, 4) is 0 Å². The Morgan fingerprint density at radius 2 is 2.13 bits per heavy atom. The Kier molecular flexibility index (Phi) is 4.27. The van der Waals surface area contributed by atoms with Gasteiger partial charge in [0.25, 0.3) is 6.43 Å². The molecule has 0 spiro atoms. The van der Waals surface area contributed by atoms with Crippen molar-refractivity contribution in [3.63, 3.8) is 0 Å². The quantitative estimate of drug-likeness (QED) is 0.851. The van der Waals surface area contributed by atoms with Crippen LogP contribution < -0.4 is 0 Å². The molecular weight excluding hydrogens is 340 g/mol. The van der Waals surface area contributed by atoms with E-state index in [0.29, 0.717) is 3.57 Å². The standard InChI is InChI=1S/C9H6ClF2IO2/c10-6-2-1-4(9(11)12)5(8(6)13)3-7(14)15/h1-2,9H,3H2,(H,14,15). The van der Waals surface area contributed by atoms with Gasteiger partial charge in [0.15, 0.2) is 0 Å². The lowest BCUT2D eigenvalue weighted by molar-refractivity contribution is -0.136. The summed E-state index contributed by atoms with van der Waals surface area (Å²) < 4.78 is 25.5. The van der Waals surface area contributed by atoms with Crippen LogP contribution in [0.1, 0.15) is 17.6 Å². The van der Waals surface area contributed by atoms with Crippen LogP contribution in [0.3, 0.4) is 0 Å². The van der Waals surface area contributed by atoms with Crippen molar-refractivity contribution >= 4 is 40.2 Å². The van der Waals surface area contributed by atoms with Crippen LogP contribution >= 0.6 is 34.2 Å². The molecule has 1 N–H and O–H groups in total. The van der Waals surface area contributed by atoms with E-state index < -0.39 is 18.8 Å². The third-order valence-corrected chi connectivity index (χ3v) is 3.66. The van der Waals surface area contributed by atoms with Gasteiger partial charge in [-0.15, -0.1) is 0 Å². The molecule has 0 amide bonds. The fourth-order valence-corrected chi connectivity index (χ4v) is 2.00. The number of rotatable bonds is 3. The summed E-state index contributed by atoms with van der Waals surface area (Å²) in [5.41, 5.74) is -0.184. The van der Waals surface area contributed by atoms with Gasteiger partial charge in [0, 0.05) is 9.13 Å². The van der Waals surface area contributed by atoms with Crippen molar-refractivity contribution in [2.45, 2.75) is 12.8 Å². The highest BCUT2D eigenvalue weighted by molar-refractivity contribution is 14.1. The first-order chi connectivity index (χ1) is 6.93. The SMILES string of the molecule is O=C(O)Cc1c(C(F)F)ccc(Cl)c1I. The van der Waals surface area contributed by atoms with Crippen LogP contribution in [0.15, 0.2) is 12.1 Å². The van der Waals surface area contributed by atoms with Crippen LogP contribution in [0.4, 0.5) is 8.78 Å². The number of hydrogen-bond donors (Lipinski definition) is 1. The Bertz CT molecular complexity index is 396. The summed E-state index contributed by atoms with van der Waals surface area (Å²) >= 11 is 7.50. The van der Waals surface area contributed by atoms with Gasteiger partial charge in [-0.25, -0.2) is 8.78 Å². The molecule has 1 aromatic carbocycles. The van der Waals surface area contributed by atoms with E-state index in [2.05, 4.69) is 0 Å². The Hall–Kier alpha value is -0.430. The minimum atomic E-state index is -2.69. The van der Waals surface area contributed by atoms with E-state index in [-0.39, 0.29) is 16.1 Å². The van der Waals surface area contributed by atoms with Crippen LogP contribution in [0, 0.1) is 3.57 Å². The van der Waals surface area contributed by atoms with Gasteiger partial charge in [0.1, 0.15) is 0 Å². The largest absolute Gasteiger partial charge is 0.481 e. The summed E-state index contributed by atoms with van der Waals surface area (Å²) in [6, 6.07) is 2.50. The number of aliphatic carboxylic acids is 1. The second-order valence-electron chi connectivity index (χ2n) is 2.80. The molecule has 0 heterocycles. The molecule has 1 rings (SSSR count). The first kappa shape index (κ1) is 12.6. The molecule has 0 aromatic heterocycles. The number of carbonyl (C=O) groups is 1. The predicted octanol–water partition coefficient (Wildman–Crippen LogP) is 3.51. The number of carboxylic acid groups (broad SMARTS) is 1. The van der Waals surface area contributed by atoms with E-state index in [1.165, 1.54) is 6.07 Å². The summed E-state index contributed by atoms with van der Waals surface area (Å²) in [4.78, 5) is 10.5. The lowest BCUT2D eigenvalue weighted by Gasteiger charge is -2.10. The first-order valence-electron chi connectivity index (χ1n) is 3.90. The molecule has 0 saturated heterocycles. The zero-order valence-electron chi connectivity index (χ0n) is 7.31. The van der Waals surface area contributed by atoms with Crippen molar-refractivity contribution < 1.29 is 18.7 Å². The molecule has 82 valence electrons. The molecule has 2 nitrogen and oxygen atoms in total. The van der Waals surface area contributed by atoms with Crippen LogP contribution in [0.2, 0.25) is 5.02 Å². The first-order valence-corrected chi connectivity index (χ1v) is 5.36. The molecule has 15 heavy (non-hydrogen) atoms. The van der Waals surface area contributed by atoms with Crippen molar-refractivity contribution in [1.82, 2.24) is 0 Å². The maximum atomic E-state index is 12.6. The molecule has 0 aliphatic carbocycles. The second-order valence-corrected chi connectivity index (χ2v) is 4.29. The Morgan fingerprint density at radius 1 is 1.53 bits per heavy atom. The van der Waals surface area contributed by atoms with E-state index in [4.69, 9.17) is 16.7 Å². The monoisotopic (exact) mass is 346 g/mol. The van der Waals surface area contributed by atoms with Gasteiger partial charge in [0.05, 0.1) is 11.4 Å². The fraction of sp³-hybridized carbons (Fsp3) is 0.222. The average Bonchev–Trinajstić information content (AvgIpc) is 2.12. The predicted molar refractivity (Wildman–Crippen MR) is 60.5 cm³/mol. The highest BCUT2D eigenvalue weighted by Crippen LogP contribution is 2.31. The van der Waals surface area contributed by atoms with Crippen molar-refractivity contribution in [2.75, 3.05) is 0 Å². The van der Waals surface area contributed by atoms with Crippen molar-refractivity contribution in [2.24, 2.45) is 0 Å². The molecule has 6 heteroatoms. The van der Waals surface area contributed by atoms with Gasteiger partial charge in [-0.2, -0.15) is 0 Å². The number of benzene rings is 1. The second kappa shape index (κ2) is 5.07. The maximum Gasteiger partial charge on any atom is 0.307 e. The third kappa shape index (κ3) is 3.01. The topological polar surface area (TPSA) is 37.3 Å². The van der Waals surface area contributed by atoms with E-state index in [0.717, 1.165) is 6.07 Å². The van der Waals surface area contributed by atoms with Crippen LogP contribution in [0.5, 0.6) is 0 Å². The minimum absolute atomic E-state index is 0.0885. The summed E-state index contributed by atoms with van der Waals surface area (Å²) in [5.74, 6) is -1.16. The number of halogens is 4. The van der Waals surface area contributed by atoms with Crippen LogP contribution in [0.25, 0.3) is 0 Å². The minimum Gasteiger partial charge on any atom is -0.481 e. The van der Waals surface area contributed by atoms with Crippen molar-refractivity contribution in [3.05, 3.63) is 31.9 Å². The lowest BCUT2D eigenvalue weighted by Crippen LogP contribution is -2.06. The molecule has 0 aliphatic rings. The van der Waals surface area contributed by atoms with Crippen LogP contribution in [-0.2, 0) is 11.2 Å². The third-order valence-electron chi connectivity index (χ3n) is 1.80. The molecule has 0 radical (unpaired) electrons. The van der Waals surface area contributed by atoms with Gasteiger partial charge in [0.2, 0.25) is 0 Å². The molecule has 0 aliphatic heterocycles. The highest BCUT2D eigenvalue weighted by Gasteiger charge is 2.19. The van der Waals surface area contributed by atoms with Gasteiger partial charge >= 0.3 is 5.97 Å². The fourth-order valence-electron chi connectivity index (χ4n) is 1.14. The van der Waals surface area contributed by atoms with E-state index in [1.54, 1.807) is 22.6 Å². The number of alkyl halides is 2. The normalized spacial score (nSPS) is 10.7. The molecule has 0 unspecified atom stereocenters. The Balaban J connectivity index is 3.28. The van der Waals surface area contributed by atoms with Gasteiger partial charge in [-0.05, 0) is 34.2 Å². The van der Waals surface area contributed by atoms with E-state index in [1.807, 2.05) is 0 Å². The lowest BCUT2D eigenvalue weighted by atomic mass is 10.1. The molecular formula is C9H6ClF2IO2. The number of hydrogen-bond acceptors (Lipinski definition) is 1. The molecule has 1 aromatic rings. The average molecular weight is 346 g/mol. The summed E-state index contributed by atoms with van der Waals surface area (Å²) in [7, 11) is 0. The molecule has 0 saturated carbocycles. The Morgan fingerprint density at radius 3 is 2.60 bits per heavy atom. The highest BCUT2D eigenvalue weighted by atomic mass is 127. The summed E-state index contributed by atoms with van der Waals surface area (Å²) in [6.45, 7) is 0. The summed E-state index contributed by atoms with van der Waals surface area (Å²) in [5, 5.41) is 8.89. The zero-order valence-corrected chi connectivity index (χ0v) is 10.2. The smallest absolute Gasteiger partial charge is 0.307 e.